The molecule has 0 aliphatic carbocycles. The Morgan fingerprint density at radius 2 is 2.00 bits per heavy atom. The second-order valence-electron chi connectivity index (χ2n) is 5.98. The lowest BCUT2D eigenvalue weighted by Gasteiger charge is -2.10. The number of thiophene rings is 1. The number of carbonyl (C=O) groups is 1. The van der Waals surface area contributed by atoms with Gasteiger partial charge in [-0.1, -0.05) is 18.2 Å². The minimum atomic E-state index is -3.65. The van der Waals surface area contributed by atoms with Gasteiger partial charge in [0, 0.05) is 18.3 Å². The van der Waals surface area contributed by atoms with Crippen LogP contribution in [0.3, 0.4) is 0 Å². The number of nitrogens with one attached hydrogen (secondary N) is 2. The molecule has 0 saturated heterocycles. The van der Waals surface area contributed by atoms with Gasteiger partial charge in [-0.3, -0.25) is 4.79 Å². The number of hydrogen-bond donors (Lipinski definition) is 2. The summed E-state index contributed by atoms with van der Waals surface area (Å²) in [6.45, 7) is 3.60. The number of hydrogen-bond acceptors (Lipinski definition) is 6. The number of thiazole rings is 1. The van der Waals surface area contributed by atoms with Crippen LogP contribution in [0.25, 0.3) is 10.6 Å². The molecule has 0 spiro atoms. The highest BCUT2D eigenvalue weighted by molar-refractivity contribution is 7.89. The van der Waals surface area contributed by atoms with E-state index in [1.165, 1.54) is 11.3 Å². The first-order valence-electron chi connectivity index (χ1n) is 8.21. The van der Waals surface area contributed by atoms with Crippen molar-refractivity contribution >= 4 is 43.7 Å². The standard InChI is InChI=1S/C18H19N3O3S3/c1-12-5-6-13(2)16(10-12)27(23,24)19-8-7-17(22)21-18-20-14(11-26-18)15-4-3-9-25-15/h3-6,9-11,19H,7-8H2,1-2H3,(H,20,21,22). The molecule has 3 aromatic rings. The molecule has 3 rings (SSSR count). The minimum absolute atomic E-state index is 0.0186. The summed E-state index contributed by atoms with van der Waals surface area (Å²) < 4.78 is 27.3. The van der Waals surface area contributed by atoms with E-state index in [-0.39, 0.29) is 23.8 Å². The molecule has 6 nitrogen and oxygen atoms in total. The van der Waals surface area contributed by atoms with E-state index in [9.17, 15) is 13.2 Å². The molecule has 0 aliphatic rings. The molecule has 0 aliphatic heterocycles. The van der Waals surface area contributed by atoms with Crippen molar-refractivity contribution < 1.29 is 13.2 Å². The smallest absolute Gasteiger partial charge is 0.240 e. The average molecular weight is 422 g/mol. The molecule has 0 unspecified atom stereocenters. The van der Waals surface area contributed by atoms with Crippen LogP contribution in [0.5, 0.6) is 0 Å². The lowest BCUT2D eigenvalue weighted by atomic mass is 10.2. The Bertz CT molecular complexity index is 1040. The second-order valence-corrected chi connectivity index (χ2v) is 9.52. The Morgan fingerprint density at radius 1 is 1.19 bits per heavy atom. The second kappa shape index (κ2) is 8.30. The van der Waals surface area contributed by atoms with Gasteiger partial charge in [-0.05, 0) is 42.5 Å². The predicted molar refractivity (Wildman–Crippen MR) is 110 cm³/mol. The van der Waals surface area contributed by atoms with Crippen LogP contribution in [-0.2, 0) is 14.8 Å². The number of aryl methyl sites for hydroxylation is 2. The molecular weight excluding hydrogens is 402 g/mol. The van der Waals surface area contributed by atoms with E-state index in [4.69, 9.17) is 0 Å². The van der Waals surface area contributed by atoms with E-state index in [0.29, 0.717) is 10.7 Å². The Kier molecular flexibility index (Phi) is 6.05. The fourth-order valence-corrected chi connectivity index (χ4v) is 5.27. The number of amides is 1. The number of rotatable bonds is 7. The van der Waals surface area contributed by atoms with E-state index in [1.807, 2.05) is 35.9 Å². The summed E-state index contributed by atoms with van der Waals surface area (Å²) in [6, 6.07) is 9.16. The molecule has 1 amide bonds. The zero-order valence-corrected chi connectivity index (χ0v) is 17.3. The van der Waals surface area contributed by atoms with E-state index in [2.05, 4.69) is 15.0 Å². The molecular formula is C18H19N3O3S3. The van der Waals surface area contributed by atoms with Gasteiger partial charge in [-0.15, -0.1) is 22.7 Å². The van der Waals surface area contributed by atoms with Gasteiger partial charge < -0.3 is 5.32 Å². The highest BCUT2D eigenvalue weighted by Crippen LogP contribution is 2.28. The molecule has 0 atom stereocenters. The van der Waals surface area contributed by atoms with Crippen molar-refractivity contribution in [3.63, 3.8) is 0 Å². The maximum absolute atomic E-state index is 12.4. The summed E-state index contributed by atoms with van der Waals surface area (Å²) in [7, 11) is -3.65. The Labute approximate surface area is 166 Å². The number of benzene rings is 1. The third-order valence-corrected chi connectivity index (χ3v) is 7.05. The topological polar surface area (TPSA) is 88.2 Å². The normalized spacial score (nSPS) is 11.5. The SMILES string of the molecule is Cc1ccc(C)c(S(=O)(=O)NCCC(=O)Nc2nc(-c3cccs3)cs2)c1. The summed E-state index contributed by atoms with van der Waals surface area (Å²) in [5.74, 6) is -0.286. The molecule has 27 heavy (non-hydrogen) atoms. The zero-order chi connectivity index (χ0) is 19.4. The van der Waals surface area contributed by atoms with Crippen molar-refractivity contribution in [3.05, 3.63) is 52.2 Å². The van der Waals surface area contributed by atoms with E-state index in [1.54, 1.807) is 30.4 Å². The van der Waals surface area contributed by atoms with Crippen LogP contribution >= 0.6 is 22.7 Å². The van der Waals surface area contributed by atoms with Crippen LogP contribution in [0.4, 0.5) is 5.13 Å². The van der Waals surface area contributed by atoms with Gasteiger partial charge in [0.1, 0.15) is 0 Å². The molecule has 2 N–H and O–H groups in total. The van der Waals surface area contributed by atoms with Crippen LogP contribution in [0.2, 0.25) is 0 Å². The van der Waals surface area contributed by atoms with Crippen LogP contribution in [0, 0.1) is 13.8 Å². The molecule has 2 aromatic heterocycles. The highest BCUT2D eigenvalue weighted by atomic mass is 32.2. The van der Waals surface area contributed by atoms with E-state index in [0.717, 1.165) is 16.1 Å². The van der Waals surface area contributed by atoms with Gasteiger partial charge in [-0.25, -0.2) is 18.1 Å². The molecule has 1 aromatic carbocycles. The maximum Gasteiger partial charge on any atom is 0.240 e. The van der Waals surface area contributed by atoms with Crippen molar-refractivity contribution in [1.82, 2.24) is 9.71 Å². The lowest BCUT2D eigenvalue weighted by Crippen LogP contribution is -2.28. The van der Waals surface area contributed by atoms with E-state index >= 15 is 0 Å². The van der Waals surface area contributed by atoms with Crippen molar-refractivity contribution in [2.24, 2.45) is 0 Å². The zero-order valence-electron chi connectivity index (χ0n) is 14.9. The molecule has 0 bridgehead atoms. The van der Waals surface area contributed by atoms with Gasteiger partial charge in [0.15, 0.2) is 5.13 Å². The van der Waals surface area contributed by atoms with Crippen LogP contribution < -0.4 is 10.0 Å². The quantitative estimate of drug-likeness (QED) is 0.607. The third-order valence-electron chi connectivity index (χ3n) is 3.80. The molecule has 142 valence electrons. The Balaban J connectivity index is 1.54. The average Bonchev–Trinajstić information content (AvgIpc) is 3.28. The van der Waals surface area contributed by atoms with Gasteiger partial charge >= 0.3 is 0 Å². The molecule has 0 saturated carbocycles. The van der Waals surface area contributed by atoms with Crippen LogP contribution in [-0.4, -0.2) is 25.9 Å². The maximum atomic E-state index is 12.4. The largest absolute Gasteiger partial charge is 0.302 e. The monoisotopic (exact) mass is 421 g/mol. The summed E-state index contributed by atoms with van der Waals surface area (Å²) >= 11 is 2.92. The van der Waals surface area contributed by atoms with Crippen molar-refractivity contribution in [1.29, 1.82) is 0 Å². The van der Waals surface area contributed by atoms with E-state index < -0.39 is 10.0 Å². The molecule has 0 radical (unpaired) electrons. The van der Waals surface area contributed by atoms with Gasteiger partial charge in [0.25, 0.3) is 0 Å². The summed E-state index contributed by atoms with van der Waals surface area (Å²) in [5, 5.41) is 7.06. The van der Waals surface area contributed by atoms with Crippen molar-refractivity contribution in [2.45, 2.75) is 25.2 Å². The molecule has 9 heteroatoms. The fourth-order valence-electron chi connectivity index (χ4n) is 2.42. The lowest BCUT2D eigenvalue weighted by molar-refractivity contribution is -0.116. The fraction of sp³-hybridized carbons (Fsp3) is 0.222. The van der Waals surface area contributed by atoms with Gasteiger partial charge in [0.05, 0.1) is 15.5 Å². The number of anilines is 1. The third kappa shape index (κ3) is 5.01. The number of sulfonamides is 1. The molecule has 2 heterocycles. The first kappa shape index (κ1) is 19.7. The Morgan fingerprint density at radius 3 is 2.74 bits per heavy atom. The Hall–Kier alpha value is -2.07. The highest BCUT2D eigenvalue weighted by Gasteiger charge is 2.17. The van der Waals surface area contributed by atoms with Gasteiger partial charge in [0.2, 0.25) is 15.9 Å². The first-order valence-corrected chi connectivity index (χ1v) is 11.5. The van der Waals surface area contributed by atoms with Gasteiger partial charge in [-0.2, -0.15) is 0 Å². The van der Waals surface area contributed by atoms with Crippen LogP contribution in [0.1, 0.15) is 17.5 Å². The predicted octanol–water partition coefficient (Wildman–Crippen LogP) is 3.80. The summed E-state index contributed by atoms with van der Waals surface area (Å²) in [5.41, 5.74) is 2.35. The van der Waals surface area contributed by atoms with Crippen molar-refractivity contribution in [3.8, 4) is 10.6 Å². The number of aromatic nitrogens is 1. The number of carbonyl (C=O) groups excluding carboxylic acids is 1. The first-order chi connectivity index (χ1) is 12.8. The van der Waals surface area contributed by atoms with Crippen molar-refractivity contribution in [2.75, 3.05) is 11.9 Å². The van der Waals surface area contributed by atoms with Crippen LogP contribution in [0.15, 0.2) is 46.0 Å². The minimum Gasteiger partial charge on any atom is -0.302 e. The number of nitrogens with zero attached hydrogens (tertiary/aromatic N) is 1. The summed E-state index contributed by atoms with van der Waals surface area (Å²) in [4.78, 5) is 17.7. The summed E-state index contributed by atoms with van der Waals surface area (Å²) in [6.07, 6.45) is 0.0258. The molecule has 0 fully saturated rings.